The Kier molecular flexibility index (Phi) is 8.70. The van der Waals surface area contributed by atoms with Gasteiger partial charge in [-0.15, -0.1) is 0 Å². The molecule has 2 amide bonds. The van der Waals surface area contributed by atoms with Crippen molar-refractivity contribution < 1.29 is 28.3 Å². The highest BCUT2D eigenvalue weighted by atomic mass is 16.5. The highest BCUT2D eigenvalue weighted by Crippen LogP contribution is 2.20. The molecule has 0 N–H and O–H groups in total. The van der Waals surface area contributed by atoms with Gasteiger partial charge in [-0.1, -0.05) is 0 Å². The van der Waals surface area contributed by atoms with Crippen LogP contribution < -0.4 is 0 Å². The van der Waals surface area contributed by atoms with Crippen molar-refractivity contribution in [3.63, 3.8) is 0 Å². The van der Waals surface area contributed by atoms with E-state index in [2.05, 4.69) is 0 Å². The molecule has 1 aromatic rings. The summed E-state index contributed by atoms with van der Waals surface area (Å²) in [6.07, 6.45) is 1.70. The third kappa shape index (κ3) is 6.32. The molecule has 0 bridgehead atoms. The van der Waals surface area contributed by atoms with Crippen molar-refractivity contribution in [2.75, 3.05) is 46.5 Å². The second-order valence-electron chi connectivity index (χ2n) is 7.29. The second-order valence-corrected chi connectivity index (χ2v) is 7.29. The maximum atomic E-state index is 12.9. The van der Waals surface area contributed by atoms with Crippen LogP contribution in [0.5, 0.6) is 0 Å². The molecule has 1 aliphatic heterocycles. The Morgan fingerprint density at radius 3 is 2.66 bits per heavy atom. The first kappa shape index (κ1) is 22.9. The van der Waals surface area contributed by atoms with Crippen LogP contribution in [0.1, 0.15) is 48.1 Å². The number of aryl methyl sites for hydroxylation is 2. The van der Waals surface area contributed by atoms with E-state index in [-0.39, 0.29) is 36.7 Å². The summed E-state index contributed by atoms with van der Waals surface area (Å²) in [7, 11) is 1.57. The van der Waals surface area contributed by atoms with Crippen LogP contribution in [0, 0.1) is 19.8 Å². The van der Waals surface area contributed by atoms with Gasteiger partial charge in [0.25, 0.3) is 5.91 Å². The quantitative estimate of drug-likeness (QED) is 0.582. The Bertz CT molecular complexity index is 714. The van der Waals surface area contributed by atoms with Gasteiger partial charge in [0.1, 0.15) is 11.5 Å². The van der Waals surface area contributed by atoms with Gasteiger partial charge in [0.05, 0.1) is 24.7 Å². The molecule has 29 heavy (non-hydrogen) atoms. The lowest BCUT2D eigenvalue weighted by atomic mass is 9.98. The first-order valence-electron chi connectivity index (χ1n) is 10.2. The van der Waals surface area contributed by atoms with Crippen LogP contribution in [0.3, 0.4) is 0 Å². The standard InChI is InChI=1S/C21H32N2O6/c1-5-28-21(26)17-7-6-9-23(14-17)19(24)8-10-22(11-12-27-4)20(25)18-13-15(2)29-16(18)3/h13,17H,5-12,14H2,1-4H3. The van der Waals surface area contributed by atoms with Gasteiger partial charge in [0, 0.05) is 39.7 Å². The third-order valence-electron chi connectivity index (χ3n) is 5.11. The summed E-state index contributed by atoms with van der Waals surface area (Å²) in [5, 5.41) is 0. The number of nitrogens with zero attached hydrogens (tertiary/aromatic N) is 2. The van der Waals surface area contributed by atoms with Crippen LogP contribution in [-0.2, 0) is 19.1 Å². The number of hydrogen-bond donors (Lipinski definition) is 0. The Hall–Kier alpha value is -2.35. The van der Waals surface area contributed by atoms with Crippen molar-refractivity contribution in [2.24, 2.45) is 5.92 Å². The summed E-state index contributed by atoms with van der Waals surface area (Å²) < 4.78 is 15.7. The average Bonchev–Trinajstić information content (AvgIpc) is 3.05. The van der Waals surface area contributed by atoms with Gasteiger partial charge < -0.3 is 23.7 Å². The fourth-order valence-corrected chi connectivity index (χ4v) is 3.57. The summed E-state index contributed by atoms with van der Waals surface area (Å²) in [6, 6.07) is 1.72. The van der Waals surface area contributed by atoms with Gasteiger partial charge in [0.15, 0.2) is 0 Å². The molecule has 1 atom stereocenters. The van der Waals surface area contributed by atoms with Crippen LogP contribution in [0.2, 0.25) is 0 Å². The third-order valence-corrected chi connectivity index (χ3v) is 5.11. The van der Waals surface area contributed by atoms with Crippen LogP contribution >= 0.6 is 0 Å². The van der Waals surface area contributed by atoms with Crippen molar-refractivity contribution in [2.45, 2.75) is 40.0 Å². The van der Waals surface area contributed by atoms with E-state index >= 15 is 0 Å². The topological polar surface area (TPSA) is 89.3 Å². The van der Waals surface area contributed by atoms with Crippen molar-refractivity contribution in [1.29, 1.82) is 0 Å². The number of methoxy groups -OCH3 is 1. The molecule has 1 unspecified atom stereocenters. The SMILES string of the molecule is CCOC(=O)C1CCCN(C(=O)CCN(CCOC)C(=O)c2cc(C)oc2C)C1. The van der Waals surface area contributed by atoms with Crippen molar-refractivity contribution in [3.8, 4) is 0 Å². The molecule has 8 heteroatoms. The average molecular weight is 408 g/mol. The van der Waals surface area contributed by atoms with Gasteiger partial charge in [0.2, 0.25) is 5.91 Å². The minimum atomic E-state index is -0.268. The molecule has 2 rings (SSSR count). The van der Waals surface area contributed by atoms with Crippen LogP contribution in [0.25, 0.3) is 0 Å². The Morgan fingerprint density at radius 1 is 1.28 bits per heavy atom. The van der Waals surface area contributed by atoms with E-state index in [1.54, 1.807) is 43.7 Å². The van der Waals surface area contributed by atoms with E-state index in [1.807, 2.05) is 0 Å². The summed E-state index contributed by atoms with van der Waals surface area (Å²) in [4.78, 5) is 40.9. The van der Waals surface area contributed by atoms with E-state index in [1.165, 1.54) is 0 Å². The van der Waals surface area contributed by atoms with Gasteiger partial charge in [-0.25, -0.2) is 0 Å². The molecule has 0 radical (unpaired) electrons. The smallest absolute Gasteiger partial charge is 0.310 e. The molecule has 162 valence electrons. The molecule has 0 saturated carbocycles. The fourth-order valence-electron chi connectivity index (χ4n) is 3.57. The van der Waals surface area contributed by atoms with E-state index in [0.717, 1.165) is 12.8 Å². The first-order valence-corrected chi connectivity index (χ1v) is 10.2. The molecular formula is C21H32N2O6. The summed E-state index contributed by atoms with van der Waals surface area (Å²) in [5.41, 5.74) is 0.506. The minimum absolute atomic E-state index is 0.0608. The van der Waals surface area contributed by atoms with E-state index < -0.39 is 0 Å². The molecule has 0 aliphatic carbocycles. The molecule has 1 aliphatic rings. The molecule has 8 nitrogen and oxygen atoms in total. The summed E-state index contributed by atoms with van der Waals surface area (Å²) in [5.74, 6) is 0.492. The molecule has 1 saturated heterocycles. The second kappa shape index (κ2) is 11.0. The van der Waals surface area contributed by atoms with Gasteiger partial charge in [-0.05, 0) is 39.7 Å². The monoisotopic (exact) mass is 408 g/mol. The number of carbonyl (C=O) groups is 3. The normalized spacial score (nSPS) is 16.6. The fraction of sp³-hybridized carbons (Fsp3) is 0.667. The molecule has 1 aromatic heterocycles. The highest BCUT2D eigenvalue weighted by Gasteiger charge is 2.30. The number of amides is 2. The van der Waals surface area contributed by atoms with Gasteiger partial charge in [-0.2, -0.15) is 0 Å². The van der Waals surface area contributed by atoms with E-state index in [4.69, 9.17) is 13.9 Å². The van der Waals surface area contributed by atoms with Crippen molar-refractivity contribution in [3.05, 3.63) is 23.2 Å². The molecular weight excluding hydrogens is 376 g/mol. The zero-order valence-corrected chi connectivity index (χ0v) is 17.9. The highest BCUT2D eigenvalue weighted by molar-refractivity contribution is 5.95. The number of hydrogen-bond acceptors (Lipinski definition) is 6. The van der Waals surface area contributed by atoms with Gasteiger partial charge in [-0.3, -0.25) is 14.4 Å². The lowest BCUT2D eigenvalue weighted by Gasteiger charge is -2.32. The predicted molar refractivity (Wildman–Crippen MR) is 107 cm³/mol. The number of esters is 1. The zero-order chi connectivity index (χ0) is 21.4. The summed E-state index contributed by atoms with van der Waals surface area (Å²) in [6.45, 7) is 7.72. The van der Waals surface area contributed by atoms with Crippen LogP contribution in [0.15, 0.2) is 10.5 Å². The Morgan fingerprint density at radius 2 is 2.03 bits per heavy atom. The van der Waals surface area contributed by atoms with Crippen LogP contribution in [-0.4, -0.2) is 74.1 Å². The largest absolute Gasteiger partial charge is 0.466 e. The number of likely N-dealkylation sites (tertiary alicyclic amines) is 1. The summed E-state index contributed by atoms with van der Waals surface area (Å²) >= 11 is 0. The number of rotatable bonds is 9. The first-order chi connectivity index (χ1) is 13.9. The maximum Gasteiger partial charge on any atom is 0.310 e. The number of furan rings is 1. The predicted octanol–water partition coefficient (Wildman–Crippen LogP) is 2.18. The number of piperidine rings is 1. The zero-order valence-electron chi connectivity index (χ0n) is 17.9. The lowest BCUT2D eigenvalue weighted by molar-refractivity contribution is -0.151. The van der Waals surface area contributed by atoms with Crippen LogP contribution in [0.4, 0.5) is 0 Å². The molecule has 0 aromatic carbocycles. The Balaban J connectivity index is 1.97. The molecule has 2 heterocycles. The van der Waals surface area contributed by atoms with Gasteiger partial charge >= 0.3 is 5.97 Å². The van der Waals surface area contributed by atoms with E-state index in [9.17, 15) is 14.4 Å². The molecule has 0 spiro atoms. The number of carbonyl (C=O) groups excluding carboxylic acids is 3. The van der Waals surface area contributed by atoms with Crippen molar-refractivity contribution >= 4 is 17.8 Å². The van der Waals surface area contributed by atoms with Crippen molar-refractivity contribution in [1.82, 2.24) is 9.80 Å². The number of ether oxygens (including phenoxy) is 2. The lowest BCUT2D eigenvalue weighted by Crippen LogP contribution is -2.44. The minimum Gasteiger partial charge on any atom is -0.466 e. The van der Waals surface area contributed by atoms with E-state index in [0.29, 0.717) is 49.9 Å². The molecule has 1 fully saturated rings. The maximum absolute atomic E-state index is 12.9. The Labute approximate surface area is 172 Å².